The maximum absolute atomic E-state index is 6.66. The van der Waals surface area contributed by atoms with Gasteiger partial charge in [0.15, 0.2) is 0 Å². The predicted molar refractivity (Wildman–Crippen MR) is 154 cm³/mol. The zero-order valence-electron chi connectivity index (χ0n) is 19.8. The van der Waals surface area contributed by atoms with Gasteiger partial charge < -0.3 is 4.42 Å². The van der Waals surface area contributed by atoms with Gasteiger partial charge in [-0.1, -0.05) is 113 Å². The number of halogens is 1. The van der Waals surface area contributed by atoms with Gasteiger partial charge in [0, 0.05) is 38.0 Å². The minimum Gasteiger partial charge on any atom is -0.455 e. The Kier molecular flexibility index (Phi) is 4.32. The number of aromatic nitrogens is 1. The topological polar surface area (TPSA) is 26.0 Å². The number of hydrogen-bond donors (Lipinski definition) is 0. The molecule has 2 heterocycles. The van der Waals surface area contributed by atoms with Crippen molar-refractivity contribution in [3.8, 4) is 11.1 Å². The quantitative estimate of drug-likeness (QED) is 0.219. The van der Waals surface area contributed by atoms with Crippen LogP contribution in [0.4, 0.5) is 0 Å². The van der Waals surface area contributed by atoms with Crippen molar-refractivity contribution in [2.45, 2.75) is 5.41 Å². The van der Waals surface area contributed by atoms with Crippen LogP contribution < -0.4 is 0 Å². The van der Waals surface area contributed by atoms with Gasteiger partial charge in [0.1, 0.15) is 11.2 Å². The zero-order valence-corrected chi connectivity index (χ0v) is 21.4. The van der Waals surface area contributed by atoms with Crippen molar-refractivity contribution in [2.75, 3.05) is 0 Å². The largest absolute Gasteiger partial charge is 0.455 e. The summed E-state index contributed by atoms with van der Waals surface area (Å²) >= 11 is 3.91. The number of nitrogens with zero attached hydrogens (tertiary/aromatic N) is 1. The Labute approximate surface area is 222 Å². The lowest BCUT2D eigenvalue weighted by Gasteiger charge is -2.34. The van der Waals surface area contributed by atoms with E-state index in [0.717, 1.165) is 48.4 Å². The maximum atomic E-state index is 6.66. The second-order valence-electron chi connectivity index (χ2n) is 9.63. The molecule has 0 spiro atoms. The molecule has 0 aliphatic heterocycles. The minimum atomic E-state index is -0.519. The normalized spacial score (nSPS) is 13.8. The molecule has 0 saturated heterocycles. The SMILES string of the molecule is Brc1cc2c(c3ncccc13)-c1c(ccc3c1oc1ccccc13)C2(c1ccccc1)c1ccccc1. The Morgan fingerprint density at radius 1 is 0.595 bits per heavy atom. The molecule has 0 unspecified atom stereocenters. The van der Waals surface area contributed by atoms with Crippen molar-refractivity contribution < 1.29 is 4.42 Å². The van der Waals surface area contributed by atoms with Crippen LogP contribution in [0, 0.1) is 0 Å². The average molecular weight is 538 g/mol. The number of furan rings is 1. The summed E-state index contributed by atoms with van der Waals surface area (Å²) in [7, 11) is 0. The second-order valence-corrected chi connectivity index (χ2v) is 10.5. The van der Waals surface area contributed by atoms with Crippen molar-refractivity contribution in [3.05, 3.63) is 148 Å². The minimum absolute atomic E-state index is 0.519. The van der Waals surface area contributed by atoms with E-state index in [9.17, 15) is 0 Å². The second kappa shape index (κ2) is 7.64. The lowest BCUT2D eigenvalue weighted by Crippen LogP contribution is -2.28. The molecule has 0 atom stereocenters. The lowest BCUT2D eigenvalue weighted by molar-refractivity contribution is 0.669. The molecule has 5 aromatic carbocycles. The fourth-order valence-corrected chi connectivity index (χ4v) is 6.96. The molecule has 0 N–H and O–H groups in total. The molecular weight excluding hydrogens is 518 g/mol. The third kappa shape index (κ3) is 2.67. The van der Waals surface area contributed by atoms with Gasteiger partial charge in [-0.05, 0) is 40.5 Å². The molecule has 7 aromatic rings. The number of pyridine rings is 1. The van der Waals surface area contributed by atoms with Crippen molar-refractivity contribution in [1.82, 2.24) is 4.98 Å². The molecule has 3 heteroatoms. The smallest absolute Gasteiger partial charge is 0.143 e. The molecule has 2 nitrogen and oxygen atoms in total. The van der Waals surface area contributed by atoms with E-state index in [4.69, 9.17) is 9.40 Å². The Balaban J connectivity index is 1.66. The van der Waals surface area contributed by atoms with Crippen LogP contribution in [0.2, 0.25) is 0 Å². The molecule has 0 amide bonds. The summed E-state index contributed by atoms with van der Waals surface area (Å²) in [4.78, 5) is 4.95. The first kappa shape index (κ1) is 20.9. The van der Waals surface area contributed by atoms with Gasteiger partial charge in [-0.3, -0.25) is 4.98 Å². The number of benzene rings is 5. The third-order valence-corrected chi connectivity index (χ3v) is 8.52. The molecular formula is C34H20BrNO. The van der Waals surface area contributed by atoms with E-state index in [0.29, 0.717) is 0 Å². The molecule has 174 valence electrons. The highest BCUT2D eigenvalue weighted by Crippen LogP contribution is 2.60. The van der Waals surface area contributed by atoms with Crippen LogP contribution in [-0.2, 0) is 5.41 Å². The standard InChI is InChI=1S/C34H20BrNO/c35-28-20-27-30(32-25(28)15-9-19-36-32)31-26(18-17-24-23-14-7-8-16-29(23)37-33(24)31)34(27,21-10-3-1-4-11-21)22-12-5-2-6-13-22/h1-20H. The zero-order chi connectivity index (χ0) is 24.6. The highest BCUT2D eigenvalue weighted by molar-refractivity contribution is 9.10. The van der Waals surface area contributed by atoms with Crippen LogP contribution in [0.15, 0.2) is 130 Å². The Bertz CT molecular complexity index is 1950. The summed E-state index contributed by atoms with van der Waals surface area (Å²) in [6.07, 6.45) is 1.89. The van der Waals surface area contributed by atoms with Crippen molar-refractivity contribution >= 4 is 48.8 Å². The maximum Gasteiger partial charge on any atom is 0.143 e. The van der Waals surface area contributed by atoms with Crippen LogP contribution in [0.5, 0.6) is 0 Å². The van der Waals surface area contributed by atoms with E-state index in [1.54, 1.807) is 0 Å². The number of para-hydroxylation sites is 1. The molecule has 0 fully saturated rings. The molecule has 2 aromatic heterocycles. The van der Waals surface area contributed by atoms with Gasteiger partial charge in [0.2, 0.25) is 0 Å². The Hall–Kier alpha value is -4.21. The molecule has 1 aliphatic rings. The van der Waals surface area contributed by atoms with Gasteiger partial charge in [-0.25, -0.2) is 0 Å². The van der Waals surface area contributed by atoms with E-state index >= 15 is 0 Å². The van der Waals surface area contributed by atoms with E-state index in [1.807, 2.05) is 18.3 Å². The third-order valence-electron chi connectivity index (χ3n) is 7.86. The highest BCUT2D eigenvalue weighted by atomic mass is 79.9. The molecule has 0 bridgehead atoms. The Morgan fingerprint density at radius 2 is 1.27 bits per heavy atom. The van der Waals surface area contributed by atoms with E-state index in [-0.39, 0.29) is 0 Å². The van der Waals surface area contributed by atoms with Gasteiger partial charge in [-0.15, -0.1) is 0 Å². The molecule has 0 saturated carbocycles. The van der Waals surface area contributed by atoms with Gasteiger partial charge in [0.25, 0.3) is 0 Å². The van der Waals surface area contributed by atoms with E-state index < -0.39 is 5.41 Å². The Morgan fingerprint density at radius 3 is 2.03 bits per heavy atom. The van der Waals surface area contributed by atoms with Crippen LogP contribution in [-0.4, -0.2) is 4.98 Å². The monoisotopic (exact) mass is 537 g/mol. The van der Waals surface area contributed by atoms with Crippen LogP contribution in [0.25, 0.3) is 44.0 Å². The number of hydrogen-bond acceptors (Lipinski definition) is 2. The van der Waals surface area contributed by atoms with Crippen LogP contribution >= 0.6 is 15.9 Å². The summed E-state index contributed by atoms with van der Waals surface area (Å²) in [5.74, 6) is 0. The van der Waals surface area contributed by atoms with Crippen molar-refractivity contribution in [3.63, 3.8) is 0 Å². The molecule has 1 aliphatic carbocycles. The fraction of sp³-hybridized carbons (Fsp3) is 0.0294. The summed E-state index contributed by atoms with van der Waals surface area (Å²) < 4.78 is 7.70. The number of rotatable bonds is 2. The molecule has 37 heavy (non-hydrogen) atoms. The summed E-state index contributed by atoms with van der Waals surface area (Å²) in [6, 6.07) is 40.9. The first-order valence-electron chi connectivity index (χ1n) is 12.4. The molecule has 0 radical (unpaired) electrons. The van der Waals surface area contributed by atoms with Gasteiger partial charge in [-0.2, -0.15) is 0 Å². The van der Waals surface area contributed by atoms with Crippen LogP contribution in [0.3, 0.4) is 0 Å². The van der Waals surface area contributed by atoms with Gasteiger partial charge in [0.05, 0.1) is 10.9 Å². The fourth-order valence-electron chi connectivity index (χ4n) is 6.41. The first-order chi connectivity index (χ1) is 18.3. The van der Waals surface area contributed by atoms with Crippen molar-refractivity contribution in [2.24, 2.45) is 0 Å². The first-order valence-corrected chi connectivity index (χ1v) is 13.2. The average Bonchev–Trinajstić information content (AvgIpc) is 3.48. The van der Waals surface area contributed by atoms with E-state index in [1.165, 1.54) is 22.3 Å². The van der Waals surface area contributed by atoms with E-state index in [2.05, 4.69) is 119 Å². The molecule has 8 rings (SSSR count). The summed E-state index contributed by atoms with van der Waals surface area (Å²) in [5.41, 5.74) is 9.43. The summed E-state index contributed by atoms with van der Waals surface area (Å²) in [6.45, 7) is 0. The van der Waals surface area contributed by atoms with Crippen LogP contribution in [0.1, 0.15) is 22.3 Å². The summed E-state index contributed by atoms with van der Waals surface area (Å²) in [5, 5.41) is 3.36. The number of fused-ring (bicyclic) bond motifs is 9. The van der Waals surface area contributed by atoms with Gasteiger partial charge >= 0.3 is 0 Å². The highest BCUT2D eigenvalue weighted by Gasteiger charge is 2.48. The lowest BCUT2D eigenvalue weighted by atomic mass is 9.67. The van der Waals surface area contributed by atoms with Crippen molar-refractivity contribution in [1.29, 1.82) is 0 Å². The predicted octanol–water partition coefficient (Wildman–Crippen LogP) is 9.26.